The minimum atomic E-state index is -0.0771. The molecule has 0 aliphatic carbocycles. The van der Waals surface area contributed by atoms with Gasteiger partial charge in [0, 0.05) is 17.0 Å². The van der Waals surface area contributed by atoms with Crippen molar-refractivity contribution in [2.24, 2.45) is 5.73 Å². The van der Waals surface area contributed by atoms with Gasteiger partial charge >= 0.3 is 0 Å². The van der Waals surface area contributed by atoms with E-state index in [2.05, 4.69) is 37.3 Å². The van der Waals surface area contributed by atoms with Gasteiger partial charge in [-0.2, -0.15) is 0 Å². The smallest absolute Gasteiger partial charge is 0.0438 e. The standard InChI is InChI=1S/C16H18ClN/c1-16(12-18,14-8-3-2-4-9-14)11-13-7-5-6-10-15(13)17/h2-10H,11-12,18H2,1H3. The van der Waals surface area contributed by atoms with Crippen LogP contribution in [0.3, 0.4) is 0 Å². The normalized spacial score (nSPS) is 14.2. The molecule has 2 N–H and O–H groups in total. The maximum Gasteiger partial charge on any atom is 0.0438 e. The minimum absolute atomic E-state index is 0.0771. The van der Waals surface area contributed by atoms with Crippen LogP contribution in [0.25, 0.3) is 0 Å². The van der Waals surface area contributed by atoms with Crippen molar-refractivity contribution in [1.29, 1.82) is 0 Å². The van der Waals surface area contributed by atoms with Crippen LogP contribution in [0.15, 0.2) is 54.6 Å². The number of halogens is 1. The van der Waals surface area contributed by atoms with Gasteiger partial charge < -0.3 is 5.73 Å². The second kappa shape index (κ2) is 5.55. The first-order valence-electron chi connectivity index (χ1n) is 6.15. The lowest BCUT2D eigenvalue weighted by atomic mass is 9.77. The maximum absolute atomic E-state index is 6.23. The SMILES string of the molecule is CC(CN)(Cc1ccccc1Cl)c1ccccc1. The monoisotopic (exact) mass is 259 g/mol. The Morgan fingerprint density at radius 2 is 1.61 bits per heavy atom. The average Bonchev–Trinajstić information content (AvgIpc) is 2.42. The zero-order valence-corrected chi connectivity index (χ0v) is 11.3. The van der Waals surface area contributed by atoms with Crippen molar-refractivity contribution in [3.8, 4) is 0 Å². The number of rotatable bonds is 4. The molecule has 2 heteroatoms. The van der Waals surface area contributed by atoms with Gasteiger partial charge in [0.15, 0.2) is 0 Å². The van der Waals surface area contributed by atoms with Gasteiger partial charge in [0.25, 0.3) is 0 Å². The van der Waals surface area contributed by atoms with Crippen LogP contribution in [0.5, 0.6) is 0 Å². The molecule has 1 unspecified atom stereocenters. The molecule has 0 aliphatic heterocycles. The summed E-state index contributed by atoms with van der Waals surface area (Å²) in [7, 11) is 0. The van der Waals surface area contributed by atoms with Crippen LogP contribution in [0.1, 0.15) is 18.1 Å². The summed E-state index contributed by atoms with van der Waals surface area (Å²) in [6.07, 6.45) is 0.854. The van der Waals surface area contributed by atoms with E-state index in [1.54, 1.807) is 0 Å². The molecular formula is C16H18ClN. The molecule has 0 aliphatic rings. The molecule has 0 bridgehead atoms. The lowest BCUT2D eigenvalue weighted by molar-refractivity contribution is 0.481. The van der Waals surface area contributed by atoms with Crippen molar-refractivity contribution in [2.75, 3.05) is 6.54 Å². The van der Waals surface area contributed by atoms with Crippen LogP contribution in [0, 0.1) is 0 Å². The third kappa shape index (κ3) is 2.74. The van der Waals surface area contributed by atoms with E-state index in [1.165, 1.54) is 5.56 Å². The molecule has 94 valence electrons. The van der Waals surface area contributed by atoms with Crippen LogP contribution >= 0.6 is 11.6 Å². The van der Waals surface area contributed by atoms with E-state index in [0.29, 0.717) is 6.54 Å². The Morgan fingerprint density at radius 1 is 1.00 bits per heavy atom. The second-order valence-corrected chi connectivity index (χ2v) is 5.31. The molecule has 0 amide bonds. The van der Waals surface area contributed by atoms with Gasteiger partial charge in [-0.15, -0.1) is 0 Å². The van der Waals surface area contributed by atoms with E-state index in [0.717, 1.165) is 17.0 Å². The van der Waals surface area contributed by atoms with E-state index in [-0.39, 0.29) is 5.41 Å². The molecule has 0 saturated heterocycles. The van der Waals surface area contributed by atoms with Gasteiger partial charge in [0.2, 0.25) is 0 Å². The molecule has 0 spiro atoms. The lowest BCUT2D eigenvalue weighted by Gasteiger charge is -2.29. The highest BCUT2D eigenvalue weighted by Crippen LogP contribution is 2.29. The van der Waals surface area contributed by atoms with E-state index in [1.807, 2.05) is 24.3 Å². The zero-order chi connectivity index (χ0) is 13.0. The molecule has 18 heavy (non-hydrogen) atoms. The first kappa shape index (κ1) is 13.1. The summed E-state index contributed by atoms with van der Waals surface area (Å²) in [5.41, 5.74) is 8.32. The quantitative estimate of drug-likeness (QED) is 0.888. The van der Waals surface area contributed by atoms with Crippen molar-refractivity contribution >= 4 is 11.6 Å². The molecule has 0 fully saturated rings. The van der Waals surface area contributed by atoms with Gasteiger partial charge in [-0.3, -0.25) is 0 Å². The molecule has 0 saturated carbocycles. The molecular weight excluding hydrogens is 242 g/mol. The fourth-order valence-electron chi connectivity index (χ4n) is 2.19. The van der Waals surface area contributed by atoms with Crippen LogP contribution in [-0.4, -0.2) is 6.54 Å². The number of hydrogen-bond donors (Lipinski definition) is 1. The molecule has 2 aromatic carbocycles. The molecule has 2 rings (SSSR count). The summed E-state index contributed by atoms with van der Waals surface area (Å²) in [5.74, 6) is 0. The molecule has 0 heterocycles. The third-order valence-electron chi connectivity index (χ3n) is 3.46. The van der Waals surface area contributed by atoms with Crippen molar-refractivity contribution in [3.05, 3.63) is 70.7 Å². The molecule has 0 radical (unpaired) electrons. The summed E-state index contributed by atoms with van der Waals surface area (Å²) >= 11 is 6.23. The van der Waals surface area contributed by atoms with Crippen molar-refractivity contribution < 1.29 is 0 Å². The van der Waals surface area contributed by atoms with E-state index in [4.69, 9.17) is 17.3 Å². The van der Waals surface area contributed by atoms with Crippen molar-refractivity contribution in [3.63, 3.8) is 0 Å². The Balaban J connectivity index is 2.32. The van der Waals surface area contributed by atoms with E-state index >= 15 is 0 Å². The Hall–Kier alpha value is -1.31. The fraction of sp³-hybridized carbons (Fsp3) is 0.250. The van der Waals surface area contributed by atoms with Gasteiger partial charge in [-0.1, -0.05) is 67.1 Å². The summed E-state index contributed by atoms with van der Waals surface area (Å²) in [6.45, 7) is 2.79. The Kier molecular flexibility index (Phi) is 4.05. The molecule has 0 aromatic heterocycles. The average molecular weight is 260 g/mol. The van der Waals surface area contributed by atoms with Crippen molar-refractivity contribution in [2.45, 2.75) is 18.8 Å². The van der Waals surface area contributed by atoms with Crippen LogP contribution in [0.2, 0.25) is 5.02 Å². The van der Waals surface area contributed by atoms with Gasteiger partial charge in [-0.25, -0.2) is 0 Å². The molecule has 1 nitrogen and oxygen atoms in total. The first-order chi connectivity index (χ1) is 8.65. The summed E-state index contributed by atoms with van der Waals surface area (Å²) in [4.78, 5) is 0. The predicted molar refractivity (Wildman–Crippen MR) is 78.0 cm³/mol. The number of hydrogen-bond acceptors (Lipinski definition) is 1. The van der Waals surface area contributed by atoms with E-state index < -0.39 is 0 Å². The highest BCUT2D eigenvalue weighted by molar-refractivity contribution is 6.31. The van der Waals surface area contributed by atoms with Crippen LogP contribution < -0.4 is 5.73 Å². The highest BCUT2D eigenvalue weighted by atomic mass is 35.5. The third-order valence-corrected chi connectivity index (χ3v) is 3.83. The maximum atomic E-state index is 6.23. The fourth-order valence-corrected chi connectivity index (χ4v) is 2.40. The topological polar surface area (TPSA) is 26.0 Å². The Morgan fingerprint density at radius 3 is 2.22 bits per heavy atom. The first-order valence-corrected chi connectivity index (χ1v) is 6.52. The van der Waals surface area contributed by atoms with Gasteiger partial charge in [-0.05, 0) is 23.6 Å². The van der Waals surface area contributed by atoms with Gasteiger partial charge in [0.05, 0.1) is 0 Å². The molecule has 2 aromatic rings. The second-order valence-electron chi connectivity index (χ2n) is 4.90. The number of benzene rings is 2. The lowest BCUT2D eigenvalue weighted by Crippen LogP contribution is -2.34. The van der Waals surface area contributed by atoms with Gasteiger partial charge in [0.1, 0.15) is 0 Å². The van der Waals surface area contributed by atoms with E-state index in [9.17, 15) is 0 Å². The summed E-state index contributed by atoms with van der Waals surface area (Å²) in [5, 5.41) is 0.813. The largest absolute Gasteiger partial charge is 0.330 e. The predicted octanol–water partition coefficient (Wildman–Crippen LogP) is 3.80. The molecule has 1 atom stereocenters. The summed E-state index contributed by atoms with van der Waals surface area (Å²) < 4.78 is 0. The minimum Gasteiger partial charge on any atom is -0.330 e. The van der Waals surface area contributed by atoms with Crippen LogP contribution in [0.4, 0.5) is 0 Å². The Labute approximate surface area is 114 Å². The zero-order valence-electron chi connectivity index (χ0n) is 10.6. The van der Waals surface area contributed by atoms with Crippen LogP contribution in [-0.2, 0) is 11.8 Å². The van der Waals surface area contributed by atoms with Crippen molar-refractivity contribution in [1.82, 2.24) is 0 Å². The Bertz CT molecular complexity index is 510. The summed E-state index contributed by atoms with van der Waals surface area (Å²) in [6, 6.07) is 18.4. The number of nitrogens with two attached hydrogens (primary N) is 1. The highest BCUT2D eigenvalue weighted by Gasteiger charge is 2.25.